The van der Waals surface area contributed by atoms with Gasteiger partial charge >= 0.3 is 6.18 Å². The van der Waals surface area contributed by atoms with E-state index in [2.05, 4.69) is 0 Å². The summed E-state index contributed by atoms with van der Waals surface area (Å²) in [7, 11) is 0. The van der Waals surface area contributed by atoms with Crippen molar-refractivity contribution in [3.05, 3.63) is 59.4 Å². The molecule has 0 bridgehead atoms. The molecule has 0 fully saturated rings. The van der Waals surface area contributed by atoms with Crippen LogP contribution in [0.4, 0.5) is 17.6 Å². The van der Waals surface area contributed by atoms with Gasteiger partial charge in [0.05, 0.1) is 12.2 Å². The van der Waals surface area contributed by atoms with Crippen molar-refractivity contribution in [1.29, 1.82) is 0 Å². The highest BCUT2D eigenvalue weighted by Crippen LogP contribution is 2.39. The molecule has 0 aromatic heterocycles. The zero-order chi connectivity index (χ0) is 14.0. The molecule has 0 radical (unpaired) electrons. The quantitative estimate of drug-likeness (QED) is 0.818. The third kappa shape index (κ3) is 2.76. The van der Waals surface area contributed by atoms with Gasteiger partial charge in [-0.3, -0.25) is 0 Å². The molecular formula is C14H10F4O. The molecule has 0 amide bonds. The molecule has 2 aromatic rings. The molecular weight excluding hydrogens is 260 g/mol. The summed E-state index contributed by atoms with van der Waals surface area (Å²) in [6.07, 6.45) is -4.56. The van der Waals surface area contributed by atoms with Gasteiger partial charge in [0, 0.05) is 0 Å². The molecule has 5 heteroatoms. The van der Waals surface area contributed by atoms with Crippen LogP contribution in [0.1, 0.15) is 11.1 Å². The summed E-state index contributed by atoms with van der Waals surface area (Å²) in [4.78, 5) is 0. The van der Waals surface area contributed by atoms with Crippen LogP contribution in [0.3, 0.4) is 0 Å². The minimum absolute atomic E-state index is 0.0944. The number of aliphatic hydroxyl groups is 1. The monoisotopic (exact) mass is 270 g/mol. The number of hydrogen-bond acceptors (Lipinski definition) is 1. The van der Waals surface area contributed by atoms with E-state index in [1.807, 2.05) is 0 Å². The van der Waals surface area contributed by atoms with Gasteiger partial charge in [-0.05, 0) is 34.9 Å². The summed E-state index contributed by atoms with van der Waals surface area (Å²) in [5.41, 5.74) is -0.862. The number of aliphatic hydroxyl groups excluding tert-OH is 1. The van der Waals surface area contributed by atoms with Crippen molar-refractivity contribution in [1.82, 2.24) is 0 Å². The first-order valence-corrected chi connectivity index (χ1v) is 5.49. The number of rotatable bonds is 2. The second-order valence-corrected chi connectivity index (χ2v) is 4.01. The first-order valence-electron chi connectivity index (χ1n) is 5.49. The molecule has 0 saturated heterocycles. The fraction of sp³-hybridized carbons (Fsp3) is 0.143. The average molecular weight is 270 g/mol. The van der Waals surface area contributed by atoms with Crippen LogP contribution in [0.25, 0.3) is 11.1 Å². The molecule has 2 rings (SSSR count). The van der Waals surface area contributed by atoms with Crippen molar-refractivity contribution in [2.75, 3.05) is 0 Å². The van der Waals surface area contributed by atoms with E-state index in [4.69, 9.17) is 0 Å². The summed E-state index contributed by atoms with van der Waals surface area (Å²) in [6, 6.07) is 8.40. The zero-order valence-corrected chi connectivity index (χ0v) is 9.71. The van der Waals surface area contributed by atoms with Gasteiger partial charge in [0.1, 0.15) is 5.82 Å². The lowest BCUT2D eigenvalue weighted by molar-refractivity contribution is -0.137. The summed E-state index contributed by atoms with van der Waals surface area (Å²) in [5, 5.41) is 9.18. The van der Waals surface area contributed by atoms with Crippen LogP contribution in [0.2, 0.25) is 0 Å². The molecule has 0 aliphatic rings. The topological polar surface area (TPSA) is 20.2 Å². The van der Waals surface area contributed by atoms with Gasteiger partial charge in [0.2, 0.25) is 0 Å². The molecule has 0 heterocycles. The van der Waals surface area contributed by atoms with Crippen molar-refractivity contribution >= 4 is 0 Å². The SMILES string of the molecule is OCc1cccc(C(F)(F)F)c1-c1cccc(F)c1. The normalized spacial score (nSPS) is 11.6. The van der Waals surface area contributed by atoms with E-state index in [1.54, 1.807) is 0 Å². The minimum Gasteiger partial charge on any atom is -0.392 e. The Bertz CT molecular complexity index is 590. The van der Waals surface area contributed by atoms with E-state index in [-0.39, 0.29) is 16.7 Å². The van der Waals surface area contributed by atoms with E-state index in [9.17, 15) is 22.7 Å². The predicted molar refractivity (Wildman–Crippen MR) is 62.8 cm³/mol. The van der Waals surface area contributed by atoms with E-state index >= 15 is 0 Å². The molecule has 0 atom stereocenters. The Balaban J connectivity index is 2.73. The maximum absolute atomic E-state index is 13.2. The van der Waals surface area contributed by atoms with Crippen molar-refractivity contribution in [3.8, 4) is 11.1 Å². The second-order valence-electron chi connectivity index (χ2n) is 4.01. The first-order chi connectivity index (χ1) is 8.93. The molecule has 0 aliphatic heterocycles. The highest BCUT2D eigenvalue weighted by molar-refractivity contribution is 5.71. The second kappa shape index (κ2) is 5.01. The van der Waals surface area contributed by atoms with Gasteiger partial charge in [-0.2, -0.15) is 13.2 Å². The molecule has 100 valence electrons. The number of halogens is 4. The Hall–Kier alpha value is -1.88. The predicted octanol–water partition coefficient (Wildman–Crippen LogP) is 4.00. The van der Waals surface area contributed by atoms with E-state index < -0.39 is 24.2 Å². The fourth-order valence-corrected chi connectivity index (χ4v) is 1.95. The van der Waals surface area contributed by atoms with Gasteiger partial charge in [0.25, 0.3) is 0 Å². The Morgan fingerprint density at radius 1 is 1.00 bits per heavy atom. The Morgan fingerprint density at radius 3 is 2.26 bits per heavy atom. The van der Waals surface area contributed by atoms with Gasteiger partial charge in [-0.1, -0.05) is 24.3 Å². The van der Waals surface area contributed by atoms with E-state index in [0.29, 0.717) is 0 Å². The van der Waals surface area contributed by atoms with E-state index in [1.165, 1.54) is 24.3 Å². The van der Waals surface area contributed by atoms with Gasteiger partial charge < -0.3 is 5.11 Å². The van der Waals surface area contributed by atoms with Crippen LogP contribution in [-0.2, 0) is 12.8 Å². The van der Waals surface area contributed by atoms with Gasteiger partial charge in [-0.25, -0.2) is 4.39 Å². The lowest BCUT2D eigenvalue weighted by Gasteiger charge is -2.16. The fourth-order valence-electron chi connectivity index (χ4n) is 1.95. The van der Waals surface area contributed by atoms with Crippen LogP contribution in [-0.4, -0.2) is 5.11 Å². The number of hydrogen-bond donors (Lipinski definition) is 1. The van der Waals surface area contributed by atoms with Crippen LogP contribution in [0, 0.1) is 5.82 Å². The molecule has 0 saturated carbocycles. The summed E-state index contributed by atoms with van der Waals surface area (Å²) in [5.74, 6) is -0.627. The maximum atomic E-state index is 13.2. The first kappa shape index (κ1) is 13.5. The number of benzene rings is 2. The molecule has 1 nitrogen and oxygen atoms in total. The molecule has 0 aliphatic carbocycles. The van der Waals surface area contributed by atoms with Crippen molar-refractivity contribution in [2.45, 2.75) is 12.8 Å². The van der Waals surface area contributed by atoms with Crippen LogP contribution in [0.15, 0.2) is 42.5 Å². The summed E-state index contributed by atoms with van der Waals surface area (Å²) >= 11 is 0. The van der Waals surface area contributed by atoms with Crippen LogP contribution < -0.4 is 0 Å². The summed E-state index contributed by atoms with van der Waals surface area (Å²) in [6.45, 7) is -0.546. The molecule has 0 unspecified atom stereocenters. The molecule has 19 heavy (non-hydrogen) atoms. The van der Waals surface area contributed by atoms with Crippen molar-refractivity contribution in [2.24, 2.45) is 0 Å². The van der Waals surface area contributed by atoms with Gasteiger partial charge in [-0.15, -0.1) is 0 Å². The third-order valence-electron chi connectivity index (χ3n) is 2.74. The molecule has 1 N–H and O–H groups in total. The van der Waals surface area contributed by atoms with E-state index in [0.717, 1.165) is 18.2 Å². The Kier molecular flexibility index (Phi) is 3.57. The highest BCUT2D eigenvalue weighted by Gasteiger charge is 2.34. The van der Waals surface area contributed by atoms with Crippen molar-refractivity contribution < 1.29 is 22.7 Å². The Labute approximate surface area is 107 Å². The summed E-state index contributed by atoms with van der Waals surface area (Å²) < 4.78 is 52.1. The van der Waals surface area contributed by atoms with Crippen molar-refractivity contribution in [3.63, 3.8) is 0 Å². The minimum atomic E-state index is -4.56. The highest BCUT2D eigenvalue weighted by atomic mass is 19.4. The van der Waals surface area contributed by atoms with Crippen LogP contribution in [0.5, 0.6) is 0 Å². The molecule has 0 spiro atoms. The Morgan fingerprint density at radius 2 is 1.68 bits per heavy atom. The lowest BCUT2D eigenvalue weighted by Crippen LogP contribution is -2.09. The standard InChI is InChI=1S/C14H10F4O/c15-11-5-1-3-9(7-11)13-10(8-19)4-2-6-12(13)14(16,17)18/h1-7,19H,8H2. The maximum Gasteiger partial charge on any atom is 0.417 e. The zero-order valence-electron chi connectivity index (χ0n) is 9.71. The lowest BCUT2D eigenvalue weighted by atomic mass is 9.94. The molecule has 2 aromatic carbocycles. The smallest absolute Gasteiger partial charge is 0.392 e. The number of alkyl halides is 3. The van der Waals surface area contributed by atoms with Gasteiger partial charge in [0.15, 0.2) is 0 Å². The van der Waals surface area contributed by atoms with Crippen LogP contribution >= 0.6 is 0 Å². The average Bonchev–Trinajstić information content (AvgIpc) is 2.36. The third-order valence-corrected chi connectivity index (χ3v) is 2.74. The largest absolute Gasteiger partial charge is 0.417 e.